The molecule has 4 nitrogen and oxygen atoms in total. The van der Waals surface area contributed by atoms with E-state index in [9.17, 15) is 4.79 Å². The first-order valence-electron chi connectivity index (χ1n) is 9.14. The van der Waals surface area contributed by atoms with Crippen LogP contribution in [0.4, 0.5) is 0 Å². The molecular formula is C24H13Cl2NO3. The molecule has 146 valence electrons. The smallest absolute Gasteiger partial charge is 0.363 e. The molecular weight excluding hydrogens is 421 g/mol. The molecule has 0 unspecified atom stereocenters. The Labute approximate surface area is 182 Å². The molecule has 0 saturated heterocycles. The summed E-state index contributed by atoms with van der Waals surface area (Å²) in [6.45, 7) is 0. The van der Waals surface area contributed by atoms with E-state index in [1.165, 1.54) is 0 Å². The highest BCUT2D eigenvalue weighted by molar-refractivity contribution is 6.35. The molecule has 0 spiro atoms. The number of carbonyl (C=O) groups excluding carboxylic acids is 1. The number of rotatable bonds is 3. The molecule has 5 rings (SSSR count). The van der Waals surface area contributed by atoms with Gasteiger partial charge in [0.05, 0.1) is 5.02 Å². The van der Waals surface area contributed by atoms with E-state index in [1.807, 2.05) is 42.5 Å². The topological polar surface area (TPSA) is 51.8 Å². The van der Waals surface area contributed by atoms with Gasteiger partial charge in [-0.3, -0.25) is 0 Å². The normalized spacial score (nSPS) is 14.9. The number of nitrogens with zero attached hydrogens (tertiary/aromatic N) is 1. The number of benzene rings is 3. The third-order valence-corrected chi connectivity index (χ3v) is 5.28. The Morgan fingerprint density at radius 2 is 1.70 bits per heavy atom. The van der Waals surface area contributed by atoms with Crippen LogP contribution in [0.25, 0.3) is 28.2 Å². The molecule has 0 aliphatic carbocycles. The van der Waals surface area contributed by atoms with Gasteiger partial charge in [0.1, 0.15) is 11.5 Å². The molecule has 1 aliphatic heterocycles. The minimum Gasteiger partial charge on any atom is -0.457 e. The number of hydrogen-bond acceptors (Lipinski definition) is 4. The monoisotopic (exact) mass is 433 g/mol. The molecule has 0 atom stereocenters. The molecule has 2 heterocycles. The molecule has 0 N–H and O–H groups in total. The highest BCUT2D eigenvalue weighted by atomic mass is 35.5. The van der Waals surface area contributed by atoms with Crippen molar-refractivity contribution in [3.05, 3.63) is 99.9 Å². The van der Waals surface area contributed by atoms with Crippen molar-refractivity contribution in [2.24, 2.45) is 4.99 Å². The Morgan fingerprint density at radius 3 is 2.57 bits per heavy atom. The second kappa shape index (κ2) is 7.48. The third-order valence-electron chi connectivity index (χ3n) is 4.72. The lowest BCUT2D eigenvalue weighted by Gasteiger charge is -2.02. The van der Waals surface area contributed by atoms with E-state index in [0.717, 1.165) is 16.3 Å². The van der Waals surface area contributed by atoms with Gasteiger partial charge in [-0.15, -0.1) is 0 Å². The van der Waals surface area contributed by atoms with E-state index in [1.54, 1.807) is 36.4 Å². The molecule has 0 amide bonds. The Morgan fingerprint density at radius 1 is 0.867 bits per heavy atom. The van der Waals surface area contributed by atoms with Crippen molar-refractivity contribution in [2.45, 2.75) is 0 Å². The van der Waals surface area contributed by atoms with Crippen LogP contribution >= 0.6 is 23.2 Å². The quantitative estimate of drug-likeness (QED) is 0.265. The molecule has 6 heteroatoms. The third kappa shape index (κ3) is 3.52. The van der Waals surface area contributed by atoms with Gasteiger partial charge in [-0.2, -0.15) is 0 Å². The molecule has 0 radical (unpaired) electrons. The van der Waals surface area contributed by atoms with Crippen LogP contribution in [0.15, 0.2) is 87.9 Å². The molecule has 0 saturated carbocycles. The van der Waals surface area contributed by atoms with Crippen molar-refractivity contribution in [3.8, 4) is 11.3 Å². The number of halogens is 2. The van der Waals surface area contributed by atoms with E-state index in [-0.39, 0.29) is 11.6 Å². The van der Waals surface area contributed by atoms with Gasteiger partial charge in [-0.05, 0) is 53.2 Å². The number of esters is 1. The first kappa shape index (κ1) is 18.7. The van der Waals surface area contributed by atoms with Crippen LogP contribution in [0.1, 0.15) is 11.3 Å². The van der Waals surface area contributed by atoms with Crippen molar-refractivity contribution < 1.29 is 13.9 Å². The average molecular weight is 434 g/mol. The van der Waals surface area contributed by atoms with Crippen molar-refractivity contribution in [3.63, 3.8) is 0 Å². The Balaban J connectivity index is 1.47. The predicted molar refractivity (Wildman–Crippen MR) is 119 cm³/mol. The number of carbonyl (C=O) groups is 1. The Bertz CT molecular complexity index is 1370. The van der Waals surface area contributed by atoms with Crippen molar-refractivity contribution >= 4 is 51.9 Å². The number of hydrogen-bond donors (Lipinski definition) is 0. The molecule has 1 aromatic heterocycles. The van der Waals surface area contributed by atoms with Crippen LogP contribution < -0.4 is 0 Å². The van der Waals surface area contributed by atoms with Crippen LogP contribution in [0.5, 0.6) is 0 Å². The van der Waals surface area contributed by atoms with Crippen LogP contribution in [0, 0.1) is 0 Å². The van der Waals surface area contributed by atoms with E-state index in [2.05, 4.69) is 4.99 Å². The first-order valence-corrected chi connectivity index (χ1v) is 9.89. The summed E-state index contributed by atoms with van der Waals surface area (Å²) >= 11 is 12.3. The van der Waals surface area contributed by atoms with Crippen LogP contribution in [0.3, 0.4) is 0 Å². The lowest BCUT2D eigenvalue weighted by Crippen LogP contribution is -2.05. The standard InChI is InChI=1S/C24H13Cl2NO3/c25-17-7-9-20(26)19(12-17)22-10-8-18(29-22)13-21-24(28)30-23(27-21)16-6-5-14-3-1-2-4-15(14)11-16/h1-13H. The summed E-state index contributed by atoms with van der Waals surface area (Å²) in [5, 5.41) is 3.21. The van der Waals surface area contributed by atoms with Gasteiger partial charge in [0.25, 0.3) is 0 Å². The van der Waals surface area contributed by atoms with Crippen LogP contribution in [-0.2, 0) is 9.53 Å². The summed E-state index contributed by atoms with van der Waals surface area (Å²) in [6, 6.07) is 22.4. The summed E-state index contributed by atoms with van der Waals surface area (Å²) in [4.78, 5) is 16.7. The lowest BCUT2D eigenvalue weighted by molar-refractivity contribution is -0.129. The van der Waals surface area contributed by atoms with Crippen LogP contribution in [-0.4, -0.2) is 11.9 Å². The number of aliphatic imine (C=N–C) groups is 1. The van der Waals surface area contributed by atoms with Crippen molar-refractivity contribution in [2.75, 3.05) is 0 Å². The maximum atomic E-state index is 12.3. The summed E-state index contributed by atoms with van der Waals surface area (Å²) in [6.07, 6.45) is 1.54. The van der Waals surface area contributed by atoms with Crippen LogP contribution in [0.2, 0.25) is 10.0 Å². The van der Waals surface area contributed by atoms with Gasteiger partial charge in [0.15, 0.2) is 5.70 Å². The second-order valence-electron chi connectivity index (χ2n) is 6.72. The molecule has 0 bridgehead atoms. The highest BCUT2D eigenvalue weighted by Gasteiger charge is 2.25. The number of fused-ring (bicyclic) bond motifs is 1. The van der Waals surface area contributed by atoms with E-state index < -0.39 is 5.97 Å². The first-order chi connectivity index (χ1) is 14.6. The van der Waals surface area contributed by atoms with E-state index >= 15 is 0 Å². The Kier molecular flexibility index (Phi) is 4.66. The van der Waals surface area contributed by atoms with Gasteiger partial charge in [-0.1, -0.05) is 53.5 Å². The summed E-state index contributed by atoms with van der Waals surface area (Å²) in [5.74, 6) is 0.731. The summed E-state index contributed by atoms with van der Waals surface area (Å²) < 4.78 is 11.2. The number of cyclic esters (lactones) is 1. The predicted octanol–water partition coefficient (Wildman–Crippen LogP) is 6.75. The fraction of sp³-hybridized carbons (Fsp3) is 0. The van der Waals surface area contributed by atoms with Gasteiger partial charge in [-0.25, -0.2) is 9.79 Å². The molecule has 1 aliphatic rings. The maximum Gasteiger partial charge on any atom is 0.363 e. The SMILES string of the molecule is O=C1OC(c2ccc3ccccc3c2)=NC1=Cc1ccc(-c2cc(Cl)ccc2Cl)o1. The highest BCUT2D eigenvalue weighted by Crippen LogP contribution is 2.32. The molecule has 4 aromatic rings. The number of furan rings is 1. The fourth-order valence-electron chi connectivity index (χ4n) is 3.25. The van der Waals surface area contributed by atoms with Gasteiger partial charge < -0.3 is 9.15 Å². The van der Waals surface area contributed by atoms with Crippen molar-refractivity contribution in [1.29, 1.82) is 0 Å². The van der Waals surface area contributed by atoms with Crippen molar-refractivity contribution in [1.82, 2.24) is 0 Å². The molecule has 0 fully saturated rings. The maximum absolute atomic E-state index is 12.3. The average Bonchev–Trinajstić information content (AvgIpc) is 3.36. The van der Waals surface area contributed by atoms with Gasteiger partial charge in [0, 0.05) is 22.2 Å². The minimum absolute atomic E-state index is 0.163. The van der Waals surface area contributed by atoms with Gasteiger partial charge >= 0.3 is 5.97 Å². The van der Waals surface area contributed by atoms with Gasteiger partial charge in [0.2, 0.25) is 5.90 Å². The largest absolute Gasteiger partial charge is 0.457 e. The van der Waals surface area contributed by atoms with E-state index in [0.29, 0.717) is 27.1 Å². The zero-order valence-corrected chi connectivity index (χ0v) is 16.9. The Hall–Kier alpha value is -3.34. The second-order valence-corrected chi connectivity index (χ2v) is 7.57. The fourth-order valence-corrected chi connectivity index (χ4v) is 3.63. The van der Waals surface area contributed by atoms with E-state index in [4.69, 9.17) is 32.4 Å². The minimum atomic E-state index is -0.531. The lowest BCUT2D eigenvalue weighted by atomic mass is 10.1. The summed E-state index contributed by atoms with van der Waals surface area (Å²) in [7, 11) is 0. The summed E-state index contributed by atoms with van der Waals surface area (Å²) in [5.41, 5.74) is 1.57. The molecule has 3 aromatic carbocycles. The number of ether oxygens (including phenoxy) is 1. The zero-order chi connectivity index (χ0) is 20.7. The molecule has 30 heavy (non-hydrogen) atoms. The zero-order valence-electron chi connectivity index (χ0n) is 15.4.